The first kappa shape index (κ1) is 18.1. The Kier molecular flexibility index (Phi) is 5.43. The molecule has 0 aromatic carbocycles. The zero-order valence-corrected chi connectivity index (χ0v) is 17.1. The molecule has 0 unspecified atom stereocenters. The molecule has 2 aliphatic rings. The Hall–Kier alpha value is -1.24. The van der Waals surface area contributed by atoms with Crippen molar-refractivity contribution in [3.63, 3.8) is 0 Å². The zero-order valence-electron chi connectivity index (χ0n) is 16.3. The maximum absolute atomic E-state index is 4.87. The van der Waals surface area contributed by atoms with Gasteiger partial charge in [-0.2, -0.15) is 5.10 Å². The largest absolute Gasteiger partial charge is 0.300 e. The number of thiazole rings is 1. The summed E-state index contributed by atoms with van der Waals surface area (Å²) in [5.41, 5.74) is 2.62. The lowest BCUT2D eigenvalue weighted by molar-refractivity contribution is 0.0747. The third-order valence-electron chi connectivity index (χ3n) is 5.81. The minimum atomic E-state index is 0.488. The first-order chi connectivity index (χ1) is 12.6. The summed E-state index contributed by atoms with van der Waals surface area (Å²) in [6.45, 7) is 6.67. The molecule has 5 nitrogen and oxygen atoms in total. The molecule has 2 atom stereocenters. The molecular formula is C20H31N5S. The van der Waals surface area contributed by atoms with Gasteiger partial charge in [0.05, 0.1) is 16.9 Å². The number of nitrogens with zero attached hydrogens (tertiary/aromatic N) is 5. The monoisotopic (exact) mass is 373 g/mol. The van der Waals surface area contributed by atoms with Gasteiger partial charge in [0.15, 0.2) is 0 Å². The van der Waals surface area contributed by atoms with Crippen molar-refractivity contribution in [3.8, 4) is 0 Å². The van der Waals surface area contributed by atoms with Gasteiger partial charge in [-0.3, -0.25) is 9.58 Å². The van der Waals surface area contributed by atoms with E-state index in [0.717, 1.165) is 25.6 Å². The average Bonchev–Trinajstić information content (AvgIpc) is 3.23. The first-order valence-electron chi connectivity index (χ1n) is 9.99. The Balaban J connectivity index is 1.43. The van der Waals surface area contributed by atoms with Crippen LogP contribution in [0, 0.1) is 5.92 Å². The van der Waals surface area contributed by atoms with Gasteiger partial charge in [0.2, 0.25) is 0 Å². The van der Waals surface area contributed by atoms with Crippen LogP contribution in [0.5, 0.6) is 0 Å². The molecule has 2 aromatic heterocycles. The molecule has 26 heavy (non-hydrogen) atoms. The average molecular weight is 374 g/mol. The second kappa shape index (κ2) is 7.79. The number of hydrogen-bond acceptors (Lipinski definition) is 5. The lowest BCUT2D eigenvalue weighted by Gasteiger charge is -2.42. The van der Waals surface area contributed by atoms with Crippen LogP contribution in [-0.4, -0.2) is 51.2 Å². The SMILES string of the molecule is CCN1CCC[C@@H](CN(C)Cc2csc(C3CC3)n2)[C@@H]1c1cnn(C)c1. The molecule has 142 valence electrons. The van der Waals surface area contributed by atoms with Gasteiger partial charge in [0.25, 0.3) is 0 Å². The van der Waals surface area contributed by atoms with E-state index in [1.165, 1.54) is 48.5 Å². The van der Waals surface area contributed by atoms with E-state index in [4.69, 9.17) is 4.98 Å². The third kappa shape index (κ3) is 4.02. The van der Waals surface area contributed by atoms with Crippen LogP contribution in [0.25, 0.3) is 0 Å². The van der Waals surface area contributed by atoms with Crippen molar-refractivity contribution < 1.29 is 0 Å². The maximum atomic E-state index is 4.87. The summed E-state index contributed by atoms with van der Waals surface area (Å²) in [4.78, 5) is 9.97. The Labute approximate surface area is 161 Å². The predicted octanol–water partition coefficient (Wildman–Crippen LogP) is 3.66. The highest BCUT2D eigenvalue weighted by Crippen LogP contribution is 2.41. The minimum absolute atomic E-state index is 0.488. The Morgan fingerprint density at radius 3 is 2.85 bits per heavy atom. The van der Waals surface area contributed by atoms with Gasteiger partial charge in [0, 0.05) is 49.2 Å². The number of aromatic nitrogens is 3. The molecule has 1 aliphatic heterocycles. The summed E-state index contributed by atoms with van der Waals surface area (Å²) in [6, 6.07) is 0.488. The molecule has 0 bridgehead atoms. The molecule has 0 radical (unpaired) electrons. The Bertz CT molecular complexity index is 719. The highest BCUT2D eigenvalue weighted by Gasteiger charge is 2.33. The molecule has 3 heterocycles. The molecule has 1 aliphatic carbocycles. The number of aryl methyl sites for hydroxylation is 1. The molecule has 0 N–H and O–H groups in total. The van der Waals surface area contributed by atoms with E-state index in [9.17, 15) is 0 Å². The maximum Gasteiger partial charge on any atom is 0.0959 e. The standard InChI is InChI=1S/C20H31N5S/c1-4-25-9-5-6-16(19(25)17-10-21-24(3)12-17)11-23(2)13-18-14-26-20(22-18)15-7-8-15/h10,12,14-16,19H,4-9,11,13H2,1-3H3/t16-,19+/m0/s1. The Morgan fingerprint density at radius 1 is 1.31 bits per heavy atom. The molecule has 1 saturated carbocycles. The van der Waals surface area contributed by atoms with E-state index in [1.807, 2.05) is 23.1 Å². The van der Waals surface area contributed by atoms with E-state index in [-0.39, 0.29) is 0 Å². The van der Waals surface area contributed by atoms with Crippen LogP contribution in [0.15, 0.2) is 17.8 Å². The van der Waals surface area contributed by atoms with Crippen LogP contribution < -0.4 is 0 Å². The molecule has 0 amide bonds. The van der Waals surface area contributed by atoms with Crippen molar-refractivity contribution in [1.29, 1.82) is 0 Å². The zero-order chi connectivity index (χ0) is 18.1. The van der Waals surface area contributed by atoms with Gasteiger partial charge in [-0.15, -0.1) is 11.3 Å². The summed E-state index contributed by atoms with van der Waals surface area (Å²) < 4.78 is 1.94. The summed E-state index contributed by atoms with van der Waals surface area (Å²) in [5, 5.41) is 8.06. The van der Waals surface area contributed by atoms with E-state index in [1.54, 1.807) is 0 Å². The van der Waals surface area contributed by atoms with Gasteiger partial charge in [-0.05, 0) is 51.7 Å². The molecular weight excluding hydrogens is 342 g/mol. The summed E-state index contributed by atoms with van der Waals surface area (Å²) in [5.74, 6) is 1.42. The van der Waals surface area contributed by atoms with E-state index in [0.29, 0.717) is 12.0 Å². The lowest BCUT2D eigenvalue weighted by atomic mass is 9.85. The molecule has 6 heteroatoms. The van der Waals surface area contributed by atoms with Gasteiger partial charge >= 0.3 is 0 Å². The minimum Gasteiger partial charge on any atom is -0.300 e. The van der Waals surface area contributed by atoms with E-state index in [2.05, 4.69) is 46.6 Å². The number of likely N-dealkylation sites (tertiary alicyclic amines) is 1. The molecule has 4 rings (SSSR count). The number of hydrogen-bond donors (Lipinski definition) is 0. The smallest absolute Gasteiger partial charge is 0.0959 e. The van der Waals surface area contributed by atoms with Crippen LogP contribution in [0.3, 0.4) is 0 Å². The van der Waals surface area contributed by atoms with Crippen molar-refractivity contribution >= 4 is 11.3 Å². The van der Waals surface area contributed by atoms with Crippen molar-refractivity contribution in [3.05, 3.63) is 34.0 Å². The van der Waals surface area contributed by atoms with Crippen LogP contribution in [0.2, 0.25) is 0 Å². The van der Waals surface area contributed by atoms with Crippen molar-refractivity contribution in [2.45, 2.75) is 51.1 Å². The summed E-state index contributed by atoms with van der Waals surface area (Å²) in [7, 11) is 4.27. The van der Waals surface area contributed by atoms with Gasteiger partial charge < -0.3 is 4.90 Å². The Morgan fingerprint density at radius 2 is 2.15 bits per heavy atom. The quantitative estimate of drug-likeness (QED) is 0.742. The van der Waals surface area contributed by atoms with Crippen LogP contribution in [0.1, 0.15) is 60.8 Å². The first-order valence-corrected chi connectivity index (χ1v) is 10.9. The molecule has 2 aromatic rings. The topological polar surface area (TPSA) is 37.2 Å². The molecule has 2 fully saturated rings. The fraction of sp³-hybridized carbons (Fsp3) is 0.700. The van der Waals surface area contributed by atoms with Crippen molar-refractivity contribution in [2.75, 3.05) is 26.7 Å². The highest BCUT2D eigenvalue weighted by atomic mass is 32.1. The van der Waals surface area contributed by atoms with Crippen molar-refractivity contribution in [2.24, 2.45) is 13.0 Å². The van der Waals surface area contributed by atoms with Gasteiger partial charge in [-0.25, -0.2) is 4.98 Å². The van der Waals surface area contributed by atoms with E-state index < -0.39 is 0 Å². The van der Waals surface area contributed by atoms with Crippen LogP contribution in [0.4, 0.5) is 0 Å². The van der Waals surface area contributed by atoms with Crippen LogP contribution >= 0.6 is 11.3 Å². The van der Waals surface area contributed by atoms with Gasteiger partial charge in [0.1, 0.15) is 0 Å². The molecule has 1 saturated heterocycles. The molecule has 0 spiro atoms. The van der Waals surface area contributed by atoms with E-state index >= 15 is 0 Å². The fourth-order valence-corrected chi connectivity index (χ4v) is 5.41. The van der Waals surface area contributed by atoms with Crippen molar-refractivity contribution in [1.82, 2.24) is 24.6 Å². The second-order valence-electron chi connectivity index (χ2n) is 8.07. The fourth-order valence-electron chi connectivity index (χ4n) is 4.43. The lowest BCUT2D eigenvalue weighted by Crippen LogP contribution is -2.42. The third-order valence-corrected chi connectivity index (χ3v) is 6.86. The normalized spacial score (nSPS) is 24.5. The summed E-state index contributed by atoms with van der Waals surface area (Å²) >= 11 is 1.86. The van der Waals surface area contributed by atoms with Crippen LogP contribution in [-0.2, 0) is 13.6 Å². The number of piperidine rings is 1. The van der Waals surface area contributed by atoms with Gasteiger partial charge in [-0.1, -0.05) is 6.92 Å². The highest BCUT2D eigenvalue weighted by molar-refractivity contribution is 7.09. The number of rotatable bonds is 7. The predicted molar refractivity (Wildman–Crippen MR) is 106 cm³/mol. The second-order valence-corrected chi connectivity index (χ2v) is 8.96. The summed E-state index contributed by atoms with van der Waals surface area (Å²) in [6.07, 6.45) is 9.54.